The summed E-state index contributed by atoms with van der Waals surface area (Å²) in [5, 5.41) is 5.32. The maximum atomic E-state index is 5.63. The number of rotatable bonds is 3. The van der Waals surface area contributed by atoms with Gasteiger partial charge in [-0.1, -0.05) is 11.8 Å². The highest BCUT2D eigenvalue weighted by atomic mass is 32.2. The van der Waals surface area contributed by atoms with Crippen molar-refractivity contribution in [3.05, 3.63) is 23.8 Å². The molecule has 4 rings (SSSR count). The van der Waals surface area contributed by atoms with Crippen LogP contribution in [0.3, 0.4) is 0 Å². The molecule has 122 valence electrons. The summed E-state index contributed by atoms with van der Waals surface area (Å²) >= 11 is 1.67. The fourth-order valence-electron chi connectivity index (χ4n) is 2.74. The Bertz CT molecular complexity index is 641. The number of amidine groups is 1. The van der Waals surface area contributed by atoms with E-state index in [1.807, 2.05) is 18.2 Å². The van der Waals surface area contributed by atoms with Gasteiger partial charge in [-0.25, -0.2) is 0 Å². The molecular weight excluding hydrogens is 314 g/mol. The average molecular weight is 333 g/mol. The van der Waals surface area contributed by atoms with Crippen LogP contribution in [0.4, 0.5) is 0 Å². The highest BCUT2D eigenvalue weighted by Crippen LogP contribution is 2.31. The molecule has 6 nitrogen and oxygen atoms in total. The van der Waals surface area contributed by atoms with Crippen molar-refractivity contribution in [3.63, 3.8) is 0 Å². The van der Waals surface area contributed by atoms with Gasteiger partial charge in [-0.05, 0) is 31.0 Å². The van der Waals surface area contributed by atoms with Crippen molar-refractivity contribution in [3.8, 4) is 11.5 Å². The second kappa shape index (κ2) is 6.80. The molecule has 0 aliphatic carbocycles. The smallest absolute Gasteiger partial charge is 0.177 e. The van der Waals surface area contributed by atoms with Gasteiger partial charge in [0.2, 0.25) is 0 Å². The second-order valence-electron chi connectivity index (χ2n) is 5.60. The Labute approximate surface area is 139 Å². The molecule has 7 heteroatoms. The van der Waals surface area contributed by atoms with Crippen LogP contribution in [-0.2, 0) is 4.74 Å². The highest BCUT2D eigenvalue weighted by molar-refractivity contribution is 8.14. The van der Waals surface area contributed by atoms with Crippen molar-refractivity contribution in [1.82, 2.24) is 5.43 Å². The van der Waals surface area contributed by atoms with Crippen LogP contribution in [0.15, 0.2) is 28.3 Å². The van der Waals surface area contributed by atoms with E-state index < -0.39 is 0 Å². The molecule has 3 aliphatic rings. The lowest BCUT2D eigenvalue weighted by Gasteiger charge is -2.20. The summed E-state index contributed by atoms with van der Waals surface area (Å²) in [6.45, 7) is 2.78. The van der Waals surface area contributed by atoms with E-state index in [9.17, 15) is 0 Å². The zero-order chi connectivity index (χ0) is 15.5. The van der Waals surface area contributed by atoms with Crippen LogP contribution in [0.1, 0.15) is 18.4 Å². The van der Waals surface area contributed by atoms with Gasteiger partial charge in [-0.2, -0.15) is 5.10 Å². The molecule has 1 saturated heterocycles. The van der Waals surface area contributed by atoms with E-state index in [4.69, 9.17) is 14.2 Å². The number of ether oxygens (including phenoxy) is 3. The first-order chi connectivity index (χ1) is 11.4. The van der Waals surface area contributed by atoms with E-state index in [1.165, 1.54) is 0 Å². The third-order valence-corrected chi connectivity index (χ3v) is 4.88. The zero-order valence-electron chi connectivity index (χ0n) is 12.8. The van der Waals surface area contributed by atoms with Gasteiger partial charge in [0.05, 0.1) is 18.4 Å². The van der Waals surface area contributed by atoms with Crippen LogP contribution in [-0.4, -0.2) is 49.1 Å². The zero-order valence-corrected chi connectivity index (χ0v) is 13.6. The quantitative estimate of drug-likeness (QED) is 0.917. The van der Waals surface area contributed by atoms with Crippen molar-refractivity contribution in [1.29, 1.82) is 0 Å². The molecule has 3 heterocycles. The molecule has 1 unspecified atom stereocenters. The number of aliphatic imine (C=N–C) groups is 1. The van der Waals surface area contributed by atoms with Gasteiger partial charge >= 0.3 is 0 Å². The van der Waals surface area contributed by atoms with Gasteiger partial charge < -0.3 is 14.2 Å². The number of thioether (sulfide) groups is 1. The molecule has 0 aromatic heterocycles. The fourth-order valence-corrected chi connectivity index (χ4v) is 3.52. The summed E-state index contributed by atoms with van der Waals surface area (Å²) in [7, 11) is 0. The average Bonchev–Trinajstić information content (AvgIpc) is 3.14. The maximum absolute atomic E-state index is 5.63. The van der Waals surface area contributed by atoms with Crippen LogP contribution in [0, 0.1) is 0 Å². The number of fused-ring (bicyclic) bond motifs is 1. The van der Waals surface area contributed by atoms with E-state index in [0.29, 0.717) is 19.8 Å². The summed E-state index contributed by atoms with van der Waals surface area (Å²) in [5.74, 6) is 2.38. The molecule has 1 aromatic rings. The number of benzene rings is 1. The third-order valence-electron chi connectivity index (χ3n) is 3.97. The second-order valence-corrected chi connectivity index (χ2v) is 6.56. The van der Waals surface area contributed by atoms with Crippen molar-refractivity contribution in [2.75, 3.05) is 32.1 Å². The number of hydrogen-bond acceptors (Lipinski definition) is 6. The predicted molar refractivity (Wildman–Crippen MR) is 90.8 cm³/mol. The van der Waals surface area contributed by atoms with Crippen molar-refractivity contribution < 1.29 is 14.2 Å². The van der Waals surface area contributed by atoms with Crippen LogP contribution in [0.2, 0.25) is 0 Å². The molecule has 0 amide bonds. The summed E-state index contributed by atoms with van der Waals surface area (Å²) in [6.07, 6.45) is 2.52. The predicted octanol–water partition coefficient (Wildman–Crippen LogP) is 2.03. The van der Waals surface area contributed by atoms with E-state index in [0.717, 1.165) is 53.1 Å². The minimum absolute atomic E-state index is 0.271. The van der Waals surface area contributed by atoms with Gasteiger partial charge in [0.1, 0.15) is 13.2 Å². The Morgan fingerprint density at radius 1 is 1.22 bits per heavy atom. The Kier molecular flexibility index (Phi) is 4.39. The van der Waals surface area contributed by atoms with Crippen molar-refractivity contribution >= 4 is 22.6 Å². The van der Waals surface area contributed by atoms with Crippen LogP contribution in [0.5, 0.6) is 11.5 Å². The monoisotopic (exact) mass is 333 g/mol. The lowest BCUT2D eigenvalue weighted by Crippen LogP contribution is -2.26. The van der Waals surface area contributed by atoms with E-state index in [2.05, 4.69) is 15.5 Å². The molecule has 1 fully saturated rings. The molecule has 0 bridgehead atoms. The first kappa shape index (κ1) is 14.8. The number of nitrogens with zero attached hydrogens (tertiary/aromatic N) is 2. The molecule has 1 atom stereocenters. The Morgan fingerprint density at radius 2 is 2.13 bits per heavy atom. The number of nitrogens with one attached hydrogen (secondary N) is 1. The van der Waals surface area contributed by atoms with Crippen LogP contribution in [0.25, 0.3) is 0 Å². The molecule has 3 aliphatic heterocycles. The van der Waals surface area contributed by atoms with Gasteiger partial charge in [-0.3, -0.25) is 10.4 Å². The van der Waals surface area contributed by atoms with Crippen LogP contribution < -0.4 is 14.9 Å². The SMILES string of the molecule is c1cc2c(cc1C1=NNC(=NCC3CCCO3)SC1)OCCO2. The maximum Gasteiger partial charge on any atom is 0.177 e. The summed E-state index contributed by atoms with van der Waals surface area (Å²) < 4.78 is 16.8. The molecule has 1 aromatic carbocycles. The fraction of sp³-hybridized carbons (Fsp3) is 0.500. The standard InChI is InChI=1S/C16H19N3O3S/c1-2-12(20-5-1)9-17-16-19-18-13(10-23-16)11-3-4-14-15(8-11)22-7-6-21-14/h3-4,8,12H,1-2,5-7,9-10H2,(H,17,19). The first-order valence-corrected chi connectivity index (χ1v) is 8.88. The first-order valence-electron chi connectivity index (χ1n) is 7.90. The lowest BCUT2D eigenvalue weighted by molar-refractivity contribution is 0.118. The van der Waals surface area contributed by atoms with Gasteiger partial charge in [0.15, 0.2) is 16.7 Å². The molecular formula is C16H19N3O3S. The van der Waals surface area contributed by atoms with Gasteiger partial charge in [-0.15, -0.1) is 0 Å². The van der Waals surface area contributed by atoms with Crippen molar-refractivity contribution in [2.45, 2.75) is 18.9 Å². The summed E-state index contributed by atoms with van der Waals surface area (Å²) in [4.78, 5) is 4.56. The number of hydrogen-bond donors (Lipinski definition) is 1. The Morgan fingerprint density at radius 3 is 2.91 bits per heavy atom. The third kappa shape index (κ3) is 3.45. The lowest BCUT2D eigenvalue weighted by atomic mass is 10.1. The van der Waals surface area contributed by atoms with E-state index in [1.54, 1.807) is 11.8 Å². The Hall–Kier alpha value is -1.73. The van der Waals surface area contributed by atoms with Crippen LogP contribution >= 0.6 is 11.8 Å². The van der Waals surface area contributed by atoms with E-state index in [-0.39, 0.29) is 6.10 Å². The van der Waals surface area contributed by atoms with Gasteiger partial charge in [0.25, 0.3) is 0 Å². The molecule has 23 heavy (non-hydrogen) atoms. The Balaban J connectivity index is 1.41. The largest absolute Gasteiger partial charge is 0.486 e. The molecule has 0 radical (unpaired) electrons. The minimum atomic E-state index is 0.271. The number of hydrazone groups is 1. The highest BCUT2D eigenvalue weighted by Gasteiger charge is 2.19. The summed E-state index contributed by atoms with van der Waals surface area (Å²) in [5.41, 5.74) is 5.08. The molecule has 1 N–H and O–H groups in total. The minimum Gasteiger partial charge on any atom is -0.486 e. The summed E-state index contributed by atoms with van der Waals surface area (Å²) in [6, 6.07) is 5.95. The topological polar surface area (TPSA) is 64.4 Å². The molecule has 0 saturated carbocycles. The normalized spacial score (nSPS) is 25.1. The van der Waals surface area contributed by atoms with Gasteiger partial charge in [0, 0.05) is 17.9 Å². The van der Waals surface area contributed by atoms with Crippen molar-refractivity contribution in [2.24, 2.45) is 10.1 Å². The van der Waals surface area contributed by atoms with E-state index >= 15 is 0 Å². The molecule has 0 spiro atoms.